The summed E-state index contributed by atoms with van der Waals surface area (Å²) in [5.74, 6) is -0.838. The number of nitrogens with two attached hydrogens (primary N) is 1. The molecule has 0 aliphatic rings. The molecule has 10 heteroatoms. The van der Waals surface area contributed by atoms with Crippen LogP contribution in [0.15, 0.2) is 24.3 Å². The third-order valence-corrected chi connectivity index (χ3v) is 10.0. The predicted octanol–water partition coefficient (Wildman–Crippen LogP) is 12.0. The highest BCUT2D eigenvalue weighted by Gasteiger charge is 2.26. The van der Waals surface area contributed by atoms with Crippen LogP contribution in [-0.2, 0) is 32.7 Å². The highest BCUT2D eigenvalue weighted by Crippen LogP contribution is 2.43. The fraction of sp³-hybridized carbons (Fsp3) is 0.857. The number of phosphoric acid groups is 1. The molecule has 0 bridgehead atoms. The molecule has 9 nitrogen and oxygen atoms in total. The number of unbranched alkanes of at least 4 members (excludes halogenated alkanes) is 23. The highest BCUT2D eigenvalue weighted by molar-refractivity contribution is 7.47. The first-order chi connectivity index (χ1) is 25.3. The summed E-state index contributed by atoms with van der Waals surface area (Å²) in [6.45, 7) is 3.70. The maximum absolute atomic E-state index is 12.5. The molecule has 0 saturated heterocycles. The summed E-state index contributed by atoms with van der Waals surface area (Å²) in [6.07, 6.45) is 40.6. The Balaban J connectivity index is 4.11. The molecule has 306 valence electrons. The van der Waals surface area contributed by atoms with Gasteiger partial charge in [-0.25, -0.2) is 4.57 Å². The van der Waals surface area contributed by atoms with Crippen molar-refractivity contribution >= 4 is 19.8 Å². The largest absolute Gasteiger partial charge is 0.472 e. The molecule has 0 aliphatic heterocycles. The zero-order valence-electron chi connectivity index (χ0n) is 33.6. The van der Waals surface area contributed by atoms with E-state index in [0.29, 0.717) is 6.42 Å². The fourth-order valence-corrected chi connectivity index (χ4v) is 6.62. The van der Waals surface area contributed by atoms with Gasteiger partial charge in [-0.1, -0.05) is 147 Å². The molecule has 1 unspecified atom stereocenters. The van der Waals surface area contributed by atoms with Crippen LogP contribution in [0.2, 0.25) is 0 Å². The second-order valence-electron chi connectivity index (χ2n) is 14.2. The number of ether oxygens (including phenoxy) is 2. The first kappa shape index (κ1) is 50.5. The number of hydrogen-bond acceptors (Lipinski definition) is 8. The lowest BCUT2D eigenvalue weighted by Gasteiger charge is -2.19. The number of allylic oxidation sites excluding steroid dienone is 4. The van der Waals surface area contributed by atoms with Crippen LogP contribution in [0.4, 0.5) is 0 Å². The van der Waals surface area contributed by atoms with E-state index >= 15 is 0 Å². The van der Waals surface area contributed by atoms with Gasteiger partial charge in [0.2, 0.25) is 0 Å². The lowest BCUT2D eigenvalue weighted by atomic mass is 10.1. The Labute approximate surface area is 319 Å². The second-order valence-corrected chi connectivity index (χ2v) is 15.7. The Hall–Kier alpha value is -1.51. The number of phosphoric ester groups is 1. The molecule has 0 aliphatic carbocycles. The van der Waals surface area contributed by atoms with E-state index < -0.39 is 26.5 Å². The number of rotatable bonds is 40. The summed E-state index contributed by atoms with van der Waals surface area (Å²) in [5.41, 5.74) is 5.34. The van der Waals surface area contributed by atoms with Gasteiger partial charge in [-0.3, -0.25) is 18.6 Å². The molecule has 0 radical (unpaired) electrons. The zero-order valence-corrected chi connectivity index (χ0v) is 34.4. The van der Waals surface area contributed by atoms with Crippen molar-refractivity contribution in [1.82, 2.24) is 0 Å². The van der Waals surface area contributed by atoms with Crippen molar-refractivity contribution in [3.8, 4) is 0 Å². The first-order valence-electron chi connectivity index (χ1n) is 21.3. The van der Waals surface area contributed by atoms with E-state index in [2.05, 4.69) is 38.2 Å². The quantitative estimate of drug-likeness (QED) is 0.0271. The Kier molecular flexibility index (Phi) is 38.1. The SMILES string of the molecule is CCCCC/C=C/CCCCCCCC(=O)O[C@@H](COC(=O)CCCCCCCCCCC/C=C/CCCCCCCC)COP(=O)(O)OCCN. The molecule has 0 fully saturated rings. The molecule has 0 aromatic carbocycles. The van der Waals surface area contributed by atoms with Crippen LogP contribution >= 0.6 is 7.82 Å². The molecule has 0 amide bonds. The number of carbonyl (C=O) groups excluding carboxylic acids is 2. The van der Waals surface area contributed by atoms with E-state index in [1.165, 1.54) is 109 Å². The summed E-state index contributed by atoms with van der Waals surface area (Å²) in [7, 11) is -4.37. The lowest BCUT2D eigenvalue weighted by Crippen LogP contribution is -2.29. The van der Waals surface area contributed by atoms with Gasteiger partial charge >= 0.3 is 19.8 Å². The minimum absolute atomic E-state index is 0.0527. The minimum atomic E-state index is -4.37. The van der Waals surface area contributed by atoms with Gasteiger partial charge in [0.05, 0.1) is 13.2 Å². The monoisotopic (exact) mass is 758 g/mol. The number of carbonyl (C=O) groups is 2. The van der Waals surface area contributed by atoms with Crippen molar-refractivity contribution in [2.24, 2.45) is 5.73 Å². The third-order valence-electron chi connectivity index (χ3n) is 9.06. The molecule has 0 saturated carbocycles. The first-order valence-corrected chi connectivity index (χ1v) is 22.8. The average molecular weight is 758 g/mol. The van der Waals surface area contributed by atoms with E-state index in [9.17, 15) is 19.0 Å². The van der Waals surface area contributed by atoms with Gasteiger partial charge in [0.1, 0.15) is 6.61 Å². The van der Waals surface area contributed by atoms with Crippen LogP contribution in [0.5, 0.6) is 0 Å². The standard InChI is InChI=1S/C42H80NO8P/c1-3-5-7-9-11-13-15-17-18-19-20-21-22-23-25-26-28-30-32-34-41(44)48-38-40(39-50-52(46,47)49-37-36-43)51-42(45)35-33-31-29-27-24-16-14-12-10-8-6-4-2/h12,14,17-18,40H,3-11,13,15-16,19-39,43H2,1-2H3,(H,46,47)/b14-12+,18-17+/t40-/m0/s1. The van der Waals surface area contributed by atoms with Crippen molar-refractivity contribution < 1.29 is 37.6 Å². The van der Waals surface area contributed by atoms with Crippen molar-refractivity contribution in [2.75, 3.05) is 26.4 Å². The normalized spacial score (nSPS) is 13.5. The van der Waals surface area contributed by atoms with E-state index in [1.54, 1.807) is 0 Å². The van der Waals surface area contributed by atoms with Gasteiger partial charge < -0.3 is 20.1 Å². The van der Waals surface area contributed by atoms with Gasteiger partial charge in [0, 0.05) is 19.4 Å². The summed E-state index contributed by atoms with van der Waals surface area (Å²) < 4.78 is 32.7. The van der Waals surface area contributed by atoms with Crippen LogP contribution in [0, 0.1) is 0 Å². The average Bonchev–Trinajstić information content (AvgIpc) is 3.13. The molecule has 0 aromatic heterocycles. The number of esters is 2. The summed E-state index contributed by atoms with van der Waals surface area (Å²) >= 11 is 0. The van der Waals surface area contributed by atoms with Gasteiger partial charge in [-0.2, -0.15) is 0 Å². The molecule has 0 aromatic rings. The molecular formula is C42H80NO8P. The summed E-state index contributed by atoms with van der Waals surface area (Å²) in [4.78, 5) is 34.8. The van der Waals surface area contributed by atoms with Crippen molar-refractivity contribution in [3.63, 3.8) is 0 Å². The molecule has 0 heterocycles. The van der Waals surface area contributed by atoms with Crippen LogP contribution < -0.4 is 5.73 Å². The Morgan fingerprint density at radius 1 is 0.558 bits per heavy atom. The molecular weight excluding hydrogens is 677 g/mol. The minimum Gasteiger partial charge on any atom is -0.462 e. The van der Waals surface area contributed by atoms with Crippen LogP contribution in [0.25, 0.3) is 0 Å². The van der Waals surface area contributed by atoms with Gasteiger partial charge in [0.25, 0.3) is 0 Å². The molecule has 52 heavy (non-hydrogen) atoms. The van der Waals surface area contributed by atoms with Crippen LogP contribution in [0.3, 0.4) is 0 Å². The third kappa shape index (κ3) is 38.2. The van der Waals surface area contributed by atoms with E-state index in [0.717, 1.165) is 57.8 Å². The molecule has 0 rings (SSSR count). The lowest BCUT2D eigenvalue weighted by molar-refractivity contribution is -0.161. The Morgan fingerprint density at radius 3 is 1.40 bits per heavy atom. The number of hydrogen-bond donors (Lipinski definition) is 2. The topological polar surface area (TPSA) is 134 Å². The van der Waals surface area contributed by atoms with Crippen molar-refractivity contribution in [1.29, 1.82) is 0 Å². The van der Waals surface area contributed by atoms with Crippen LogP contribution in [0.1, 0.15) is 200 Å². The second kappa shape index (κ2) is 39.2. The smallest absolute Gasteiger partial charge is 0.462 e. The van der Waals surface area contributed by atoms with Crippen LogP contribution in [-0.4, -0.2) is 49.3 Å². The zero-order chi connectivity index (χ0) is 38.2. The summed E-state index contributed by atoms with van der Waals surface area (Å²) in [5, 5.41) is 0. The maximum atomic E-state index is 12.5. The fourth-order valence-electron chi connectivity index (χ4n) is 5.86. The molecule has 3 N–H and O–H groups in total. The molecule has 0 spiro atoms. The van der Waals surface area contributed by atoms with Gasteiger partial charge in [-0.05, 0) is 64.2 Å². The Bertz CT molecular complexity index is 912. The highest BCUT2D eigenvalue weighted by atomic mass is 31.2. The van der Waals surface area contributed by atoms with E-state index in [-0.39, 0.29) is 38.6 Å². The van der Waals surface area contributed by atoms with E-state index in [4.69, 9.17) is 24.3 Å². The Morgan fingerprint density at radius 2 is 0.942 bits per heavy atom. The predicted molar refractivity (Wildman–Crippen MR) is 215 cm³/mol. The maximum Gasteiger partial charge on any atom is 0.472 e. The van der Waals surface area contributed by atoms with Crippen molar-refractivity contribution in [2.45, 2.75) is 206 Å². The molecule has 2 atom stereocenters. The summed E-state index contributed by atoms with van der Waals surface area (Å²) in [6, 6.07) is 0. The van der Waals surface area contributed by atoms with E-state index in [1.807, 2.05) is 0 Å². The van der Waals surface area contributed by atoms with Gasteiger partial charge in [-0.15, -0.1) is 0 Å². The van der Waals surface area contributed by atoms with Crippen molar-refractivity contribution in [3.05, 3.63) is 24.3 Å². The van der Waals surface area contributed by atoms with Gasteiger partial charge in [0.15, 0.2) is 6.10 Å².